The van der Waals surface area contributed by atoms with Gasteiger partial charge >= 0.3 is 5.97 Å². The molecule has 2 atom stereocenters. The van der Waals surface area contributed by atoms with Crippen LogP contribution in [0, 0.1) is 5.92 Å². The molecule has 144 valence electrons. The molecule has 4 rings (SSSR count). The van der Waals surface area contributed by atoms with Gasteiger partial charge in [0.2, 0.25) is 5.91 Å². The first-order chi connectivity index (χ1) is 13.4. The third-order valence-corrected chi connectivity index (χ3v) is 5.33. The lowest BCUT2D eigenvalue weighted by Crippen LogP contribution is -2.31. The van der Waals surface area contributed by atoms with Crippen LogP contribution in [-0.4, -0.2) is 30.9 Å². The molecule has 0 fully saturated rings. The van der Waals surface area contributed by atoms with E-state index in [-0.39, 0.29) is 30.8 Å². The Morgan fingerprint density at radius 1 is 1.25 bits per heavy atom. The molecule has 6 nitrogen and oxygen atoms in total. The molecule has 2 aromatic carbocycles. The van der Waals surface area contributed by atoms with E-state index in [4.69, 9.17) is 21.1 Å². The molecule has 0 saturated heterocycles. The predicted molar refractivity (Wildman–Crippen MR) is 103 cm³/mol. The lowest BCUT2D eigenvalue weighted by atomic mass is 9.97. The number of ketones is 1. The SMILES string of the molecule is C[C@@H]1C(=O)Nc2ccc(C(=O)COC(=O)[C@@H]3COc4ccc(Cl)cc4C3)cc21. The number of carbonyl (C=O) groups excluding carboxylic acids is 3. The standard InChI is InChI=1S/C21H18ClNO5/c1-11-16-8-12(2-4-17(16)23-20(11)25)18(24)10-28-21(26)14-6-13-7-15(22)3-5-19(13)27-9-14/h2-5,7-8,11,14H,6,9-10H2,1H3,(H,23,25)/t11-,14-/m0/s1. The molecule has 0 radical (unpaired) electrons. The number of Topliss-reactive ketones (excluding diaryl/α,β-unsaturated/α-hetero) is 1. The van der Waals surface area contributed by atoms with Crippen LogP contribution in [0.4, 0.5) is 5.69 Å². The normalized spacial score (nSPS) is 19.9. The molecular weight excluding hydrogens is 382 g/mol. The molecular formula is C21H18ClNO5. The molecule has 0 saturated carbocycles. The predicted octanol–water partition coefficient (Wildman–Crippen LogP) is 3.37. The van der Waals surface area contributed by atoms with Crippen LogP contribution < -0.4 is 10.1 Å². The van der Waals surface area contributed by atoms with Crippen molar-refractivity contribution in [2.24, 2.45) is 5.92 Å². The number of ether oxygens (including phenoxy) is 2. The van der Waals surface area contributed by atoms with Crippen molar-refractivity contribution in [2.75, 3.05) is 18.5 Å². The summed E-state index contributed by atoms with van der Waals surface area (Å²) in [6.07, 6.45) is 0.451. The minimum Gasteiger partial charge on any atom is -0.492 e. The van der Waals surface area contributed by atoms with E-state index in [0.29, 0.717) is 28.4 Å². The molecule has 1 amide bonds. The topological polar surface area (TPSA) is 81.7 Å². The Morgan fingerprint density at radius 3 is 2.89 bits per heavy atom. The summed E-state index contributed by atoms with van der Waals surface area (Å²) in [6.45, 7) is 1.63. The molecule has 7 heteroatoms. The molecule has 0 bridgehead atoms. The quantitative estimate of drug-likeness (QED) is 0.629. The van der Waals surface area contributed by atoms with Crippen LogP contribution in [0.1, 0.15) is 34.3 Å². The smallest absolute Gasteiger partial charge is 0.313 e. The van der Waals surface area contributed by atoms with Gasteiger partial charge in [-0.2, -0.15) is 0 Å². The lowest BCUT2D eigenvalue weighted by molar-refractivity contribution is -0.148. The maximum absolute atomic E-state index is 12.4. The number of hydrogen-bond acceptors (Lipinski definition) is 5. The van der Waals surface area contributed by atoms with Crippen LogP contribution in [0.5, 0.6) is 5.75 Å². The number of halogens is 1. The Hall–Kier alpha value is -2.86. The molecule has 2 aromatic rings. The molecule has 2 aliphatic heterocycles. The number of rotatable bonds is 4. The minimum absolute atomic E-state index is 0.0938. The molecule has 0 aliphatic carbocycles. The van der Waals surface area contributed by atoms with E-state index in [2.05, 4.69) is 5.32 Å². The van der Waals surface area contributed by atoms with Gasteiger partial charge in [-0.25, -0.2) is 0 Å². The fourth-order valence-corrected chi connectivity index (χ4v) is 3.64. The summed E-state index contributed by atoms with van der Waals surface area (Å²) in [5.74, 6) is -0.978. The molecule has 0 unspecified atom stereocenters. The summed E-state index contributed by atoms with van der Waals surface area (Å²) in [5.41, 5.74) is 2.74. The minimum atomic E-state index is -0.486. The van der Waals surface area contributed by atoms with Gasteiger partial charge in [-0.15, -0.1) is 0 Å². The second-order valence-corrected chi connectivity index (χ2v) is 7.44. The van der Waals surface area contributed by atoms with Gasteiger partial charge in [0.15, 0.2) is 12.4 Å². The average molecular weight is 400 g/mol. The molecule has 1 N–H and O–H groups in total. The second-order valence-electron chi connectivity index (χ2n) is 7.01. The Bertz CT molecular complexity index is 987. The lowest BCUT2D eigenvalue weighted by Gasteiger charge is -2.24. The van der Waals surface area contributed by atoms with Crippen molar-refractivity contribution in [3.63, 3.8) is 0 Å². The monoisotopic (exact) mass is 399 g/mol. The van der Waals surface area contributed by atoms with Crippen LogP contribution >= 0.6 is 11.6 Å². The van der Waals surface area contributed by atoms with E-state index in [1.807, 2.05) is 0 Å². The third-order valence-electron chi connectivity index (χ3n) is 5.10. The zero-order chi connectivity index (χ0) is 19.8. The highest BCUT2D eigenvalue weighted by atomic mass is 35.5. The number of hydrogen-bond donors (Lipinski definition) is 1. The van der Waals surface area contributed by atoms with Crippen molar-refractivity contribution in [1.29, 1.82) is 0 Å². The summed E-state index contributed by atoms with van der Waals surface area (Å²) < 4.78 is 10.8. The van der Waals surface area contributed by atoms with Gasteiger partial charge in [0.25, 0.3) is 0 Å². The first-order valence-corrected chi connectivity index (χ1v) is 9.36. The average Bonchev–Trinajstić information content (AvgIpc) is 2.98. The van der Waals surface area contributed by atoms with Crippen LogP contribution in [0.25, 0.3) is 0 Å². The van der Waals surface area contributed by atoms with Gasteiger partial charge in [-0.05, 0) is 60.9 Å². The number of esters is 1. The van der Waals surface area contributed by atoms with E-state index < -0.39 is 11.9 Å². The number of fused-ring (bicyclic) bond motifs is 2. The Labute approximate surface area is 166 Å². The Balaban J connectivity index is 1.38. The van der Waals surface area contributed by atoms with E-state index in [1.54, 1.807) is 43.3 Å². The molecule has 0 aromatic heterocycles. The van der Waals surface area contributed by atoms with E-state index in [9.17, 15) is 14.4 Å². The number of amides is 1. The van der Waals surface area contributed by atoms with E-state index >= 15 is 0 Å². The number of carbonyl (C=O) groups is 3. The van der Waals surface area contributed by atoms with Gasteiger partial charge < -0.3 is 14.8 Å². The summed E-state index contributed by atoms with van der Waals surface area (Å²) in [7, 11) is 0. The maximum Gasteiger partial charge on any atom is 0.313 e. The summed E-state index contributed by atoms with van der Waals surface area (Å²) in [4.78, 5) is 36.5. The van der Waals surface area contributed by atoms with Gasteiger partial charge in [-0.1, -0.05) is 11.6 Å². The van der Waals surface area contributed by atoms with Crippen molar-refractivity contribution in [3.8, 4) is 5.75 Å². The maximum atomic E-state index is 12.4. The first kappa shape index (κ1) is 18.5. The van der Waals surface area contributed by atoms with Crippen molar-refractivity contribution >= 4 is 34.9 Å². The third kappa shape index (κ3) is 3.47. The molecule has 28 heavy (non-hydrogen) atoms. The highest BCUT2D eigenvalue weighted by Gasteiger charge is 2.29. The molecule has 0 spiro atoms. The summed E-state index contributed by atoms with van der Waals surface area (Å²) >= 11 is 5.99. The van der Waals surface area contributed by atoms with Crippen molar-refractivity contribution in [3.05, 3.63) is 58.1 Å². The van der Waals surface area contributed by atoms with Crippen LogP contribution in [0.15, 0.2) is 36.4 Å². The second kappa shape index (κ2) is 7.28. The van der Waals surface area contributed by atoms with Gasteiger partial charge in [-0.3, -0.25) is 14.4 Å². The highest BCUT2D eigenvalue weighted by molar-refractivity contribution is 6.30. The highest BCUT2D eigenvalue weighted by Crippen LogP contribution is 2.33. The zero-order valence-corrected chi connectivity index (χ0v) is 15.9. The zero-order valence-electron chi connectivity index (χ0n) is 15.2. The molecule has 2 aliphatic rings. The number of benzene rings is 2. The van der Waals surface area contributed by atoms with Crippen molar-refractivity contribution in [1.82, 2.24) is 0 Å². The Morgan fingerprint density at radius 2 is 2.07 bits per heavy atom. The van der Waals surface area contributed by atoms with Gasteiger partial charge in [0, 0.05) is 16.3 Å². The Kier molecular flexibility index (Phi) is 4.81. The fraction of sp³-hybridized carbons (Fsp3) is 0.286. The summed E-state index contributed by atoms with van der Waals surface area (Å²) in [5, 5.41) is 3.33. The first-order valence-electron chi connectivity index (χ1n) is 8.98. The molecule has 2 heterocycles. The summed E-state index contributed by atoms with van der Waals surface area (Å²) in [6, 6.07) is 10.3. The van der Waals surface area contributed by atoms with Crippen LogP contribution in [0.2, 0.25) is 5.02 Å². The van der Waals surface area contributed by atoms with Crippen molar-refractivity contribution in [2.45, 2.75) is 19.3 Å². The largest absolute Gasteiger partial charge is 0.492 e. The number of anilines is 1. The van der Waals surface area contributed by atoms with Gasteiger partial charge in [0.1, 0.15) is 12.4 Å². The number of nitrogens with one attached hydrogen (secondary N) is 1. The van der Waals surface area contributed by atoms with E-state index in [1.165, 1.54) is 0 Å². The van der Waals surface area contributed by atoms with Crippen LogP contribution in [-0.2, 0) is 20.7 Å². The van der Waals surface area contributed by atoms with Gasteiger partial charge in [0.05, 0.1) is 11.8 Å². The fourth-order valence-electron chi connectivity index (χ4n) is 3.44. The van der Waals surface area contributed by atoms with Crippen molar-refractivity contribution < 1.29 is 23.9 Å². The van der Waals surface area contributed by atoms with Crippen LogP contribution in [0.3, 0.4) is 0 Å². The van der Waals surface area contributed by atoms with E-state index in [0.717, 1.165) is 11.1 Å².